The number of hydrogen-bond acceptors (Lipinski definition) is 5. The lowest BCUT2D eigenvalue weighted by molar-refractivity contribution is 0.0696. The van der Waals surface area contributed by atoms with E-state index in [1.165, 1.54) is 41.6 Å². The molecule has 0 amide bonds. The number of carboxylic acid groups (broad SMARTS) is 1. The lowest BCUT2D eigenvalue weighted by atomic mass is 9.94. The molecule has 9 heteroatoms. The number of likely N-dealkylation sites (N-methyl/N-ethyl adjacent to an activating group) is 1. The first-order valence-corrected chi connectivity index (χ1v) is 13.7. The summed E-state index contributed by atoms with van der Waals surface area (Å²) < 4.78 is 45.0. The van der Waals surface area contributed by atoms with E-state index >= 15 is 4.39 Å². The van der Waals surface area contributed by atoms with Crippen LogP contribution in [0.2, 0.25) is 0 Å². The Morgan fingerprint density at radius 1 is 1.11 bits per heavy atom. The fourth-order valence-corrected chi connectivity index (χ4v) is 6.37. The van der Waals surface area contributed by atoms with Crippen LogP contribution in [-0.4, -0.2) is 48.5 Å². The van der Waals surface area contributed by atoms with Crippen molar-refractivity contribution in [3.63, 3.8) is 0 Å². The third-order valence-electron chi connectivity index (χ3n) is 6.90. The van der Waals surface area contributed by atoms with E-state index in [9.17, 15) is 23.4 Å². The van der Waals surface area contributed by atoms with Gasteiger partial charge in [-0.3, -0.25) is 0 Å². The summed E-state index contributed by atoms with van der Waals surface area (Å²) >= 11 is 0. The van der Waals surface area contributed by atoms with Gasteiger partial charge in [0.15, 0.2) is 0 Å². The number of aliphatic hydroxyl groups excluding tert-OH is 1. The highest BCUT2D eigenvalue weighted by Gasteiger charge is 2.37. The summed E-state index contributed by atoms with van der Waals surface area (Å²) in [7, 11) is -2.49. The van der Waals surface area contributed by atoms with Gasteiger partial charge in [0.1, 0.15) is 10.7 Å². The van der Waals surface area contributed by atoms with E-state index in [1.54, 1.807) is 7.05 Å². The number of hydrogen-bond donors (Lipinski definition) is 2. The second kappa shape index (κ2) is 10.6. The minimum atomic E-state index is -4.04. The van der Waals surface area contributed by atoms with Crippen LogP contribution >= 0.6 is 0 Å². The highest BCUT2D eigenvalue weighted by atomic mass is 32.2. The molecule has 0 aromatic heterocycles. The Kier molecular flexibility index (Phi) is 7.68. The second-order valence-corrected chi connectivity index (χ2v) is 11.3. The molecule has 2 atom stereocenters. The average Bonchev–Trinajstić information content (AvgIpc) is 2.95. The molecule has 0 aliphatic carbocycles. The van der Waals surface area contributed by atoms with Crippen molar-refractivity contribution < 1.29 is 27.8 Å². The molecule has 0 bridgehead atoms. The van der Waals surface area contributed by atoms with Crippen LogP contribution < -0.4 is 4.90 Å². The Morgan fingerprint density at radius 3 is 2.43 bits per heavy atom. The molecule has 4 rings (SSSR count). The number of fused-ring (bicyclic) bond motifs is 1. The van der Waals surface area contributed by atoms with Gasteiger partial charge in [-0.15, -0.1) is 0 Å². The molecule has 37 heavy (non-hydrogen) atoms. The number of halogens is 1. The zero-order valence-corrected chi connectivity index (χ0v) is 21.9. The quantitative estimate of drug-likeness (QED) is 0.417. The summed E-state index contributed by atoms with van der Waals surface area (Å²) in [4.78, 5) is 13.4. The molecule has 2 N–H and O–H groups in total. The van der Waals surface area contributed by atoms with Crippen LogP contribution in [0, 0.1) is 5.82 Å². The Labute approximate surface area is 216 Å². The molecule has 1 heterocycles. The van der Waals surface area contributed by atoms with Crippen LogP contribution in [-0.2, 0) is 10.0 Å². The van der Waals surface area contributed by atoms with Gasteiger partial charge in [0, 0.05) is 30.9 Å². The average molecular weight is 527 g/mol. The number of nitrogens with zero attached hydrogens (tertiary/aromatic N) is 2. The predicted octanol–water partition coefficient (Wildman–Crippen LogP) is 5.58. The number of carboxylic acids is 1. The molecule has 1 unspecified atom stereocenters. The molecule has 0 fully saturated rings. The van der Waals surface area contributed by atoms with Gasteiger partial charge in [-0.2, -0.15) is 4.31 Å². The largest absolute Gasteiger partial charge is 0.478 e. The van der Waals surface area contributed by atoms with Crippen molar-refractivity contribution >= 4 is 27.4 Å². The standard InChI is InChI=1S/C28H31FN2O5S/c1-4-5-9-21-17-31(20-10-7-6-8-11-20)26-16-25(29)24(15-27(26)37(35,36)30(21)3)23-14-19(28(33)34)12-13-22(23)18(2)32/h6-8,10-16,18,21,32H,4-5,9,17H2,1-3H3,(H,33,34)/t18?,21-/m1/s1. The van der Waals surface area contributed by atoms with Crippen LogP contribution in [0.5, 0.6) is 0 Å². The van der Waals surface area contributed by atoms with Gasteiger partial charge in [-0.05, 0) is 60.9 Å². The van der Waals surface area contributed by atoms with Gasteiger partial charge in [0.2, 0.25) is 10.0 Å². The van der Waals surface area contributed by atoms with E-state index in [0.29, 0.717) is 18.5 Å². The van der Waals surface area contributed by atoms with Gasteiger partial charge in [0.25, 0.3) is 0 Å². The van der Waals surface area contributed by atoms with Crippen molar-refractivity contribution in [2.75, 3.05) is 18.5 Å². The lowest BCUT2D eigenvalue weighted by Gasteiger charge is -2.29. The summed E-state index contributed by atoms with van der Waals surface area (Å²) in [5, 5.41) is 19.8. The SMILES string of the molecule is CCCC[C@@H]1CN(c2ccccc2)c2cc(F)c(-c3cc(C(=O)O)ccc3C(C)O)cc2S(=O)(=O)N1C. The van der Waals surface area contributed by atoms with Crippen molar-refractivity contribution in [2.24, 2.45) is 0 Å². The summed E-state index contributed by atoms with van der Waals surface area (Å²) in [5.41, 5.74) is 1.19. The van der Waals surface area contributed by atoms with E-state index < -0.39 is 27.9 Å². The maximum Gasteiger partial charge on any atom is 0.335 e. The van der Waals surface area contributed by atoms with Crippen LogP contribution in [0.15, 0.2) is 65.6 Å². The van der Waals surface area contributed by atoms with Crippen molar-refractivity contribution in [3.05, 3.63) is 77.6 Å². The number of para-hydroxylation sites is 1. The van der Waals surface area contributed by atoms with Crippen molar-refractivity contribution in [1.29, 1.82) is 0 Å². The van der Waals surface area contributed by atoms with Gasteiger partial charge in [-0.25, -0.2) is 17.6 Å². The smallest absolute Gasteiger partial charge is 0.335 e. The van der Waals surface area contributed by atoms with Crippen LogP contribution in [0.3, 0.4) is 0 Å². The summed E-state index contributed by atoms with van der Waals surface area (Å²) in [6, 6.07) is 15.4. The van der Waals surface area contributed by atoms with E-state index in [4.69, 9.17) is 0 Å². The molecule has 196 valence electrons. The van der Waals surface area contributed by atoms with E-state index in [-0.39, 0.29) is 33.3 Å². The second-order valence-electron chi connectivity index (χ2n) is 9.35. The van der Waals surface area contributed by atoms with Gasteiger partial charge in [-0.1, -0.05) is 44.0 Å². The van der Waals surface area contributed by atoms with Crippen LogP contribution in [0.4, 0.5) is 15.8 Å². The fraction of sp³-hybridized carbons (Fsp3) is 0.321. The Morgan fingerprint density at radius 2 is 1.81 bits per heavy atom. The first-order valence-electron chi connectivity index (χ1n) is 12.3. The first kappa shape index (κ1) is 26.8. The molecule has 0 saturated carbocycles. The molecule has 0 saturated heterocycles. The molecule has 1 aliphatic rings. The number of benzene rings is 3. The minimum Gasteiger partial charge on any atom is -0.478 e. The maximum absolute atomic E-state index is 15.8. The maximum atomic E-state index is 15.8. The summed E-state index contributed by atoms with van der Waals surface area (Å²) in [6.07, 6.45) is 1.35. The molecule has 3 aromatic rings. The van der Waals surface area contributed by atoms with E-state index in [0.717, 1.165) is 18.5 Å². The Balaban J connectivity index is 2.00. The van der Waals surface area contributed by atoms with Crippen molar-refractivity contribution in [1.82, 2.24) is 4.31 Å². The van der Waals surface area contributed by atoms with Crippen LogP contribution in [0.1, 0.15) is 55.1 Å². The minimum absolute atomic E-state index is 0.0773. The van der Waals surface area contributed by atoms with Gasteiger partial charge >= 0.3 is 5.97 Å². The third-order valence-corrected chi connectivity index (χ3v) is 8.84. The topological polar surface area (TPSA) is 98.1 Å². The van der Waals surface area contributed by atoms with Crippen LogP contribution in [0.25, 0.3) is 11.1 Å². The number of carbonyl (C=O) groups is 1. The molecule has 0 spiro atoms. The number of sulfonamides is 1. The Bertz CT molecular complexity index is 1410. The monoisotopic (exact) mass is 526 g/mol. The lowest BCUT2D eigenvalue weighted by Crippen LogP contribution is -2.40. The molecule has 0 radical (unpaired) electrons. The van der Waals surface area contributed by atoms with Crippen molar-refractivity contribution in [3.8, 4) is 11.1 Å². The summed E-state index contributed by atoms with van der Waals surface area (Å²) in [5.74, 6) is -1.93. The highest BCUT2D eigenvalue weighted by Crippen LogP contribution is 2.42. The number of aliphatic hydroxyl groups is 1. The molecule has 3 aromatic carbocycles. The zero-order valence-electron chi connectivity index (χ0n) is 21.1. The third kappa shape index (κ3) is 5.12. The number of rotatable bonds is 7. The van der Waals surface area contributed by atoms with Crippen molar-refractivity contribution in [2.45, 2.75) is 50.2 Å². The van der Waals surface area contributed by atoms with Gasteiger partial charge < -0.3 is 15.1 Å². The fourth-order valence-electron chi connectivity index (χ4n) is 4.79. The number of aromatic carboxylic acids is 1. The Hall–Kier alpha value is -3.27. The molecule has 7 nitrogen and oxygen atoms in total. The van der Waals surface area contributed by atoms with Gasteiger partial charge in [0.05, 0.1) is 17.4 Å². The molecule has 1 aliphatic heterocycles. The molecular weight excluding hydrogens is 495 g/mol. The molecular formula is C28H31FN2O5S. The first-order chi connectivity index (χ1) is 17.6. The summed E-state index contributed by atoms with van der Waals surface area (Å²) in [6.45, 7) is 3.88. The predicted molar refractivity (Wildman–Crippen MR) is 141 cm³/mol. The van der Waals surface area contributed by atoms with E-state index in [2.05, 4.69) is 0 Å². The van der Waals surface area contributed by atoms with E-state index in [1.807, 2.05) is 42.2 Å². The number of unbranched alkanes of at least 4 members (excludes halogenated alkanes) is 1. The normalized spacial score (nSPS) is 18.2. The number of anilines is 2. The zero-order chi connectivity index (χ0) is 26.9. The highest BCUT2D eigenvalue weighted by molar-refractivity contribution is 7.89.